The molecule has 2 saturated heterocycles. The Morgan fingerprint density at radius 2 is 2.25 bits per heavy atom. The second kappa shape index (κ2) is 6.73. The van der Waals surface area contributed by atoms with Gasteiger partial charge in [0, 0.05) is 29.0 Å². The zero-order valence-corrected chi connectivity index (χ0v) is 13.7. The summed E-state index contributed by atoms with van der Waals surface area (Å²) >= 11 is 4.10. The van der Waals surface area contributed by atoms with Gasteiger partial charge in [0.15, 0.2) is 0 Å². The molecule has 0 aromatic heterocycles. The minimum atomic E-state index is 0.201. The van der Waals surface area contributed by atoms with Crippen molar-refractivity contribution >= 4 is 23.5 Å². The first kappa shape index (κ1) is 14.8. The highest BCUT2D eigenvalue weighted by Gasteiger charge is 2.40. The van der Waals surface area contributed by atoms with E-state index >= 15 is 0 Å². The molecule has 1 spiro atoms. The number of benzene rings is 1. The Hall–Kier alpha value is -0.160. The van der Waals surface area contributed by atoms with Gasteiger partial charge in [-0.3, -0.25) is 0 Å². The van der Waals surface area contributed by atoms with Gasteiger partial charge < -0.3 is 10.1 Å². The monoisotopic (exact) mass is 309 g/mol. The highest BCUT2D eigenvalue weighted by atomic mass is 32.2. The van der Waals surface area contributed by atoms with E-state index in [-0.39, 0.29) is 5.60 Å². The number of rotatable bonds is 4. The smallest absolute Gasteiger partial charge is 0.0791 e. The lowest BCUT2D eigenvalue weighted by atomic mass is 9.93. The fraction of sp³-hybridized carbons (Fsp3) is 0.625. The van der Waals surface area contributed by atoms with E-state index in [1.54, 1.807) is 0 Å². The van der Waals surface area contributed by atoms with Gasteiger partial charge in [0.25, 0.3) is 0 Å². The van der Waals surface area contributed by atoms with Gasteiger partial charge in [-0.05, 0) is 49.8 Å². The van der Waals surface area contributed by atoms with Gasteiger partial charge in [-0.1, -0.05) is 12.1 Å². The molecule has 0 saturated carbocycles. The SMILES string of the molecule is CNCc1ccc(SC2CCOC3(CCSC3)C2)cc1. The number of thioether (sulfide) groups is 2. The molecule has 0 bridgehead atoms. The normalized spacial score (nSPS) is 29.9. The van der Waals surface area contributed by atoms with Crippen LogP contribution in [0.4, 0.5) is 0 Å². The van der Waals surface area contributed by atoms with E-state index in [9.17, 15) is 0 Å². The summed E-state index contributed by atoms with van der Waals surface area (Å²) in [5, 5.41) is 3.91. The van der Waals surface area contributed by atoms with Crippen molar-refractivity contribution in [1.29, 1.82) is 0 Å². The van der Waals surface area contributed by atoms with E-state index in [0.29, 0.717) is 0 Å². The number of hydrogen-bond donors (Lipinski definition) is 1. The Morgan fingerprint density at radius 1 is 1.40 bits per heavy atom. The standard InChI is InChI=1S/C16H23NOS2/c1-17-11-13-2-4-14(5-3-13)20-15-6-8-18-16(10-15)7-9-19-12-16/h2-5,15,17H,6-12H2,1H3. The van der Waals surface area contributed by atoms with Crippen molar-refractivity contribution in [2.45, 2.75) is 41.6 Å². The van der Waals surface area contributed by atoms with Crippen LogP contribution in [-0.2, 0) is 11.3 Å². The molecule has 0 amide bonds. The van der Waals surface area contributed by atoms with Crippen LogP contribution in [0.1, 0.15) is 24.8 Å². The predicted octanol–water partition coefficient (Wildman–Crippen LogP) is 3.55. The molecule has 1 N–H and O–H groups in total. The third-order valence-corrected chi connectivity index (χ3v) is 6.62. The molecule has 2 aliphatic heterocycles. The second-order valence-electron chi connectivity index (χ2n) is 5.74. The fourth-order valence-electron chi connectivity index (χ4n) is 3.03. The molecular weight excluding hydrogens is 286 g/mol. The maximum Gasteiger partial charge on any atom is 0.0791 e. The molecule has 0 radical (unpaired) electrons. The van der Waals surface area contributed by atoms with E-state index in [1.165, 1.54) is 41.2 Å². The Bertz CT molecular complexity index is 429. The Labute approximate surface area is 130 Å². The molecule has 0 aliphatic carbocycles. The van der Waals surface area contributed by atoms with Crippen LogP contribution < -0.4 is 5.32 Å². The van der Waals surface area contributed by atoms with Gasteiger partial charge in [-0.2, -0.15) is 11.8 Å². The zero-order valence-electron chi connectivity index (χ0n) is 12.1. The third-order valence-electron chi connectivity index (χ3n) is 4.12. The summed E-state index contributed by atoms with van der Waals surface area (Å²) in [5.41, 5.74) is 1.56. The van der Waals surface area contributed by atoms with Crippen molar-refractivity contribution in [2.75, 3.05) is 25.2 Å². The first-order valence-corrected chi connectivity index (χ1v) is 9.45. The van der Waals surface area contributed by atoms with Gasteiger partial charge in [-0.25, -0.2) is 0 Å². The van der Waals surface area contributed by atoms with Crippen LogP contribution in [0.5, 0.6) is 0 Å². The molecule has 2 heterocycles. The highest BCUT2D eigenvalue weighted by molar-refractivity contribution is 8.00. The average Bonchev–Trinajstić information content (AvgIpc) is 2.89. The lowest BCUT2D eigenvalue weighted by Crippen LogP contribution is -2.40. The molecule has 2 aliphatic rings. The van der Waals surface area contributed by atoms with Gasteiger partial charge in [0.05, 0.1) is 5.60 Å². The molecule has 2 atom stereocenters. The molecule has 2 nitrogen and oxygen atoms in total. The lowest BCUT2D eigenvalue weighted by Gasteiger charge is -2.37. The molecular formula is C16H23NOS2. The quantitative estimate of drug-likeness (QED) is 0.918. The molecule has 1 aromatic carbocycles. The summed E-state index contributed by atoms with van der Waals surface area (Å²) in [4.78, 5) is 1.40. The van der Waals surface area contributed by atoms with Crippen molar-refractivity contribution in [3.05, 3.63) is 29.8 Å². The van der Waals surface area contributed by atoms with E-state index < -0.39 is 0 Å². The van der Waals surface area contributed by atoms with E-state index in [4.69, 9.17) is 4.74 Å². The van der Waals surface area contributed by atoms with Crippen LogP contribution in [0.25, 0.3) is 0 Å². The van der Waals surface area contributed by atoms with Crippen molar-refractivity contribution < 1.29 is 4.74 Å². The van der Waals surface area contributed by atoms with Crippen molar-refractivity contribution in [2.24, 2.45) is 0 Å². The Morgan fingerprint density at radius 3 is 2.95 bits per heavy atom. The maximum absolute atomic E-state index is 6.10. The van der Waals surface area contributed by atoms with Crippen LogP contribution in [0.2, 0.25) is 0 Å². The maximum atomic E-state index is 6.10. The Kier molecular flexibility index (Phi) is 4.97. The summed E-state index contributed by atoms with van der Waals surface area (Å²) in [6.07, 6.45) is 3.66. The van der Waals surface area contributed by atoms with E-state index in [2.05, 4.69) is 41.3 Å². The fourth-order valence-corrected chi connectivity index (χ4v) is 5.69. The van der Waals surface area contributed by atoms with Gasteiger partial charge in [0.2, 0.25) is 0 Å². The average molecular weight is 310 g/mol. The molecule has 1 aromatic rings. The summed E-state index contributed by atoms with van der Waals surface area (Å²) in [5.74, 6) is 2.47. The van der Waals surface area contributed by atoms with Crippen LogP contribution in [-0.4, -0.2) is 36.0 Å². The van der Waals surface area contributed by atoms with E-state index in [1.807, 2.05) is 18.8 Å². The zero-order chi connectivity index (χ0) is 13.8. The molecule has 4 heteroatoms. The lowest BCUT2D eigenvalue weighted by molar-refractivity contribution is -0.0562. The minimum absolute atomic E-state index is 0.201. The van der Waals surface area contributed by atoms with Gasteiger partial charge in [-0.15, -0.1) is 11.8 Å². The molecule has 110 valence electrons. The van der Waals surface area contributed by atoms with Gasteiger partial charge >= 0.3 is 0 Å². The predicted molar refractivity (Wildman–Crippen MR) is 88.7 cm³/mol. The van der Waals surface area contributed by atoms with Crippen LogP contribution in [0, 0.1) is 0 Å². The first-order valence-electron chi connectivity index (χ1n) is 7.42. The molecule has 2 fully saturated rings. The minimum Gasteiger partial charge on any atom is -0.374 e. The first-order chi connectivity index (χ1) is 9.80. The summed E-state index contributed by atoms with van der Waals surface area (Å²) in [7, 11) is 1.99. The van der Waals surface area contributed by atoms with Crippen LogP contribution >= 0.6 is 23.5 Å². The second-order valence-corrected chi connectivity index (χ2v) is 8.22. The van der Waals surface area contributed by atoms with E-state index in [0.717, 1.165) is 18.4 Å². The van der Waals surface area contributed by atoms with Crippen LogP contribution in [0.15, 0.2) is 29.2 Å². The molecule has 20 heavy (non-hydrogen) atoms. The van der Waals surface area contributed by atoms with Crippen LogP contribution in [0.3, 0.4) is 0 Å². The largest absolute Gasteiger partial charge is 0.374 e. The summed E-state index contributed by atoms with van der Waals surface area (Å²) in [6, 6.07) is 9.00. The van der Waals surface area contributed by atoms with Crippen molar-refractivity contribution in [3.8, 4) is 0 Å². The van der Waals surface area contributed by atoms with Gasteiger partial charge in [0.1, 0.15) is 0 Å². The number of ether oxygens (including phenoxy) is 1. The number of nitrogens with one attached hydrogen (secondary N) is 1. The highest BCUT2D eigenvalue weighted by Crippen LogP contribution is 2.43. The van der Waals surface area contributed by atoms with Crippen molar-refractivity contribution in [1.82, 2.24) is 5.32 Å². The molecule has 2 unspecified atom stereocenters. The summed E-state index contributed by atoms with van der Waals surface area (Å²) < 4.78 is 6.10. The number of hydrogen-bond acceptors (Lipinski definition) is 4. The summed E-state index contributed by atoms with van der Waals surface area (Å²) in [6.45, 7) is 1.89. The third kappa shape index (κ3) is 3.53. The van der Waals surface area contributed by atoms with Crippen molar-refractivity contribution in [3.63, 3.8) is 0 Å². The molecule has 3 rings (SSSR count). The Balaban J connectivity index is 1.59. The topological polar surface area (TPSA) is 21.3 Å².